The number of nitrogens with one attached hydrogen (secondary N) is 1. The van der Waals surface area contributed by atoms with Crippen molar-refractivity contribution in [3.05, 3.63) is 0 Å². The lowest BCUT2D eigenvalue weighted by atomic mass is 9.52. The maximum atomic E-state index is 6.07. The van der Waals surface area contributed by atoms with Crippen LogP contribution in [0, 0.1) is 29.6 Å². The summed E-state index contributed by atoms with van der Waals surface area (Å²) in [6.07, 6.45) is 13.2. The van der Waals surface area contributed by atoms with E-state index in [0.29, 0.717) is 5.54 Å². The van der Waals surface area contributed by atoms with Gasteiger partial charge in [-0.15, -0.1) is 0 Å². The monoisotopic (exact) mass is 262 g/mol. The summed E-state index contributed by atoms with van der Waals surface area (Å²) >= 11 is 0. The van der Waals surface area contributed by atoms with Gasteiger partial charge < -0.3 is 11.1 Å². The van der Waals surface area contributed by atoms with Crippen LogP contribution in [0.5, 0.6) is 0 Å². The van der Waals surface area contributed by atoms with Gasteiger partial charge in [0.05, 0.1) is 0 Å². The second-order valence-corrected chi connectivity index (χ2v) is 8.17. The fourth-order valence-corrected chi connectivity index (χ4v) is 6.21. The van der Waals surface area contributed by atoms with Crippen molar-refractivity contribution in [1.82, 2.24) is 5.32 Å². The molecule has 2 heteroatoms. The van der Waals surface area contributed by atoms with Gasteiger partial charge in [-0.3, -0.25) is 0 Å². The Morgan fingerprint density at radius 1 is 0.895 bits per heavy atom. The third-order valence-corrected chi connectivity index (χ3v) is 7.09. The minimum absolute atomic E-state index is 0.314. The SMILES string of the molecule is NCC1(NCC2C3CC4CC(C3)CC2C4)CCCC1. The van der Waals surface area contributed by atoms with Crippen molar-refractivity contribution in [3.8, 4) is 0 Å². The first kappa shape index (κ1) is 12.6. The third-order valence-electron chi connectivity index (χ3n) is 7.09. The van der Waals surface area contributed by atoms with Gasteiger partial charge in [0, 0.05) is 12.1 Å². The number of rotatable bonds is 4. The first-order valence-corrected chi connectivity index (χ1v) is 8.73. The van der Waals surface area contributed by atoms with Gasteiger partial charge >= 0.3 is 0 Å². The molecule has 0 aromatic carbocycles. The van der Waals surface area contributed by atoms with Crippen LogP contribution in [0.15, 0.2) is 0 Å². The summed E-state index contributed by atoms with van der Waals surface area (Å²) in [4.78, 5) is 0. The van der Waals surface area contributed by atoms with Gasteiger partial charge in [0.1, 0.15) is 0 Å². The average Bonchev–Trinajstić information content (AvgIpc) is 2.86. The highest BCUT2D eigenvalue weighted by atomic mass is 15.0. The minimum Gasteiger partial charge on any atom is -0.329 e. The van der Waals surface area contributed by atoms with Crippen molar-refractivity contribution in [1.29, 1.82) is 0 Å². The molecule has 0 atom stereocenters. The van der Waals surface area contributed by atoms with Crippen LogP contribution in [0.1, 0.15) is 57.8 Å². The molecule has 5 aliphatic rings. The van der Waals surface area contributed by atoms with Gasteiger partial charge in [-0.05, 0) is 81.1 Å². The molecule has 0 spiro atoms. The largest absolute Gasteiger partial charge is 0.329 e. The molecule has 0 radical (unpaired) electrons. The van der Waals surface area contributed by atoms with E-state index in [2.05, 4.69) is 5.32 Å². The van der Waals surface area contributed by atoms with E-state index in [9.17, 15) is 0 Å². The van der Waals surface area contributed by atoms with E-state index >= 15 is 0 Å². The van der Waals surface area contributed by atoms with Gasteiger partial charge in [-0.1, -0.05) is 12.8 Å². The summed E-state index contributed by atoms with van der Waals surface area (Å²) in [5.41, 5.74) is 6.38. The first-order valence-electron chi connectivity index (χ1n) is 8.73. The molecule has 0 aliphatic heterocycles. The lowest BCUT2D eigenvalue weighted by Gasteiger charge is -2.55. The molecule has 5 saturated carbocycles. The Morgan fingerprint density at radius 2 is 1.47 bits per heavy atom. The quantitative estimate of drug-likeness (QED) is 0.817. The van der Waals surface area contributed by atoms with Crippen molar-refractivity contribution in [2.24, 2.45) is 35.3 Å². The molecule has 5 fully saturated rings. The van der Waals surface area contributed by atoms with Crippen LogP contribution in [-0.2, 0) is 0 Å². The number of hydrogen-bond acceptors (Lipinski definition) is 2. The molecule has 2 nitrogen and oxygen atoms in total. The molecule has 0 heterocycles. The number of hydrogen-bond donors (Lipinski definition) is 2. The highest BCUT2D eigenvalue weighted by Crippen LogP contribution is 2.56. The fourth-order valence-electron chi connectivity index (χ4n) is 6.21. The normalized spacial score (nSPS) is 46.9. The van der Waals surface area contributed by atoms with Gasteiger partial charge in [0.2, 0.25) is 0 Å². The van der Waals surface area contributed by atoms with E-state index in [0.717, 1.165) is 36.1 Å². The van der Waals surface area contributed by atoms with Crippen LogP contribution >= 0.6 is 0 Å². The van der Waals surface area contributed by atoms with Crippen molar-refractivity contribution in [2.75, 3.05) is 13.1 Å². The summed E-state index contributed by atoms with van der Waals surface area (Å²) in [5.74, 6) is 5.30. The van der Waals surface area contributed by atoms with Gasteiger partial charge in [-0.25, -0.2) is 0 Å². The van der Waals surface area contributed by atoms with Crippen molar-refractivity contribution in [2.45, 2.75) is 63.3 Å². The summed E-state index contributed by atoms with van der Waals surface area (Å²) in [6.45, 7) is 2.12. The number of nitrogens with two attached hydrogens (primary N) is 1. The lowest BCUT2D eigenvalue weighted by molar-refractivity contribution is -0.0379. The topological polar surface area (TPSA) is 38.0 Å². The van der Waals surface area contributed by atoms with Crippen molar-refractivity contribution >= 4 is 0 Å². The molecule has 3 N–H and O–H groups in total. The van der Waals surface area contributed by atoms with Crippen LogP contribution in [-0.4, -0.2) is 18.6 Å². The Morgan fingerprint density at radius 3 is 2.00 bits per heavy atom. The molecular formula is C17H30N2. The highest BCUT2D eigenvalue weighted by molar-refractivity contribution is 5.01. The van der Waals surface area contributed by atoms with Crippen LogP contribution in [0.25, 0.3) is 0 Å². The predicted molar refractivity (Wildman–Crippen MR) is 78.8 cm³/mol. The van der Waals surface area contributed by atoms with Gasteiger partial charge in [0.25, 0.3) is 0 Å². The Balaban J connectivity index is 1.40. The molecule has 0 aromatic heterocycles. The summed E-state index contributed by atoms with van der Waals surface area (Å²) in [6, 6.07) is 0. The Kier molecular flexibility index (Phi) is 3.15. The zero-order valence-corrected chi connectivity index (χ0v) is 12.2. The van der Waals surface area contributed by atoms with Crippen LogP contribution in [0.4, 0.5) is 0 Å². The zero-order valence-electron chi connectivity index (χ0n) is 12.2. The standard InChI is InChI=1S/C17H30N2/c18-11-17(3-1-2-4-17)19-10-16-14-6-12-5-13(8-14)9-15(16)7-12/h12-16,19H,1-11,18H2. The van der Waals surface area contributed by atoms with E-state index in [1.54, 1.807) is 32.1 Å². The second-order valence-electron chi connectivity index (χ2n) is 8.17. The minimum atomic E-state index is 0.314. The predicted octanol–water partition coefficient (Wildman–Crippen LogP) is 2.92. The Bertz CT molecular complexity index is 304. The molecule has 0 saturated heterocycles. The fraction of sp³-hybridized carbons (Fsp3) is 1.00. The zero-order chi connectivity index (χ0) is 12.9. The molecule has 0 unspecified atom stereocenters. The first-order chi connectivity index (χ1) is 9.28. The molecular weight excluding hydrogens is 232 g/mol. The summed E-state index contributed by atoms with van der Waals surface area (Å²) in [5, 5.41) is 3.95. The summed E-state index contributed by atoms with van der Waals surface area (Å²) in [7, 11) is 0. The van der Waals surface area contributed by atoms with Gasteiger partial charge in [0.15, 0.2) is 0 Å². The van der Waals surface area contributed by atoms with E-state index in [1.807, 2.05) is 0 Å². The maximum Gasteiger partial charge on any atom is 0.0304 e. The van der Waals surface area contributed by atoms with Crippen LogP contribution in [0.3, 0.4) is 0 Å². The average molecular weight is 262 g/mol. The lowest BCUT2D eigenvalue weighted by Crippen LogP contribution is -2.55. The van der Waals surface area contributed by atoms with Gasteiger partial charge in [-0.2, -0.15) is 0 Å². The van der Waals surface area contributed by atoms with Crippen LogP contribution in [0.2, 0.25) is 0 Å². The van der Waals surface area contributed by atoms with E-state index in [4.69, 9.17) is 5.73 Å². The van der Waals surface area contributed by atoms with E-state index in [-0.39, 0.29) is 0 Å². The Labute approximate surface area is 117 Å². The van der Waals surface area contributed by atoms with E-state index in [1.165, 1.54) is 32.2 Å². The molecule has 5 rings (SSSR count). The van der Waals surface area contributed by atoms with E-state index < -0.39 is 0 Å². The molecule has 5 aliphatic carbocycles. The van der Waals surface area contributed by atoms with Crippen molar-refractivity contribution < 1.29 is 0 Å². The van der Waals surface area contributed by atoms with Crippen molar-refractivity contribution in [3.63, 3.8) is 0 Å². The molecule has 19 heavy (non-hydrogen) atoms. The summed E-state index contributed by atoms with van der Waals surface area (Å²) < 4.78 is 0. The second kappa shape index (κ2) is 4.73. The smallest absolute Gasteiger partial charge is 0.0304 e. The molecule has 0 aromatic rings. The molecule has 4 bridgehead atoms. The molecule has 108 valence electrons. The third kappa shape index (κ3) is 2.15. The maximum absolute atomic E-state index is 6.07. The highest BCUT2D eigenvalue weighted by Gasteiger charge is 2.48. The molecule has 0 amide bonds. The van der Waals surface area contributed by atoms with Crippen LogP contribution < -0.4 is 11.1 Å². The Hall–Kier alpha value is -0.0800.